The van der Waals surface area contributed by atoms with Gasteiger partial charge < -0.3 is 19.9 Å². The number of carbonyl (C=O) groups excluding carboxylic acids is 1. The molecule has 30 heavy (non-hydrogen) atoms. The normalized spacial score (nSPS) is 17.4. The van der Waals surface area contributed by atoms with Gasteiger partial charge in [-0.2, -0.15) is 4.31 Å². The highest BCUT2D eigenvalue weighted by atomic mass is 32.2. The maximum absolute atomic E-state index is 13.3. The van der Waals surface area contributed by atoms with Crippen LogP contribution >= 0.6 is 0 Å². The third kappa shape index (κ3) is 4.52. The number of amides is 1. The maximum atomic E-state index is 13.3. The summed E-state index contributed by atoms with van der Waals surface area (Å²) in [4.78, 5) is 12.7. The number of nitrogens with zero attached hydrogens (tertiary/aromatic N) is 1. The first-order valence-corrected chi connectivity index (χ1v) is 11.1. The highest BCUT2D eigenvalue weighted by Crippen LogP contribution is 2.32. The van der Waals surface area contributed by atoms with Gasteiger partial charge in [0.15, 0.2) is 0 Å². The number of nitrogens with one attached hydrogen (secondary N) is 1. The number of hydrogen-bond donors (Lipinski definition) is 2. The van der Waals surface area contributed by atoms with Crippen molar-refractivity contribution in [2.24, 2.45) is 0 Å². The Morgan fingerprint density at radius 1 is 1.13 bits per heavy atom. The van der Waals surface area contributed by atoms with Gasteiger partial charge in [-0.25, -0.2) is 8.42 Å². The molecule has 2 aromatic carbocycles. The molecule has 1 aliphatic rings. The van der Waals surface area contributed by atoms with Crippen LogP contribution in [0.2, 0.25) is 0 Å². The van der Waals surface area contributed by atoms with Crippen LogP contribution in [0, 0.1) is 0 Å². The summed E-state index contributed by atoms with van der Waals surface area (Å²) in [7, 11) is -0.989. The van der Waals surface area contributed by atoms with Crippen molar-refractivity contribution in [1.29, 1.82) is 0 Å². The number of phenolic OH excluding ortho intramolecular Hbond substituents is 1. The van der Waals surface area contributed by atoms with Crippen molar-refractivity contribution in [3.63, 3.8) is 0 Å². The van der Waals surface area contributed by atoms with E-state index in [4.69, 9.17) is 9.47 Å². The summed E-state index contributed by atoms with van der Waals surface area (Å²) < 4.78 is 38.4. The quantitative estimate of drug-likeness (QED) is 0.723. The summed E-state index contributed by atoms with van der Waals surface area (Å²) in [6, 6.07) is 8.50. The summed E-state index contributed by atoms with van der Waals surface area (Å²) in [6.07, 6.45) is 2.58. The van der Waals surface area contributed by atoms with Gasteiger partial charge in [-0.3, -0.25) is 4.79 Å². The number of ether oxygens (including phenoxy) is 2. The average molecular weight is 435 g/mol. The van der Waals surface area contributed by atoms with E-state index in [1.807, 2.05) is 6.92 Å². The molecule has 9 heteroatoms. The number of carbonyl (C=O) groups is 1. The van der Waals surface area contributed by atoms with E-state index < -0.39 is 15.9 Å². The predicted octanol–water partition coefficient (Wildman–Crippen LogP) is 3.22. The highest BCUT2D eigenvalue weighted by Gasteiger charge is 2.33. The van der Waals surface area contributed by atoms with Crippen LogP contribution in [0.5, 0.6) is 17.2 Å². The van der Waals surface area contributed by atoms with Crippen LogP contribution in [0.3, 0.4) is 0 Å². The van der Waals surface area contributed by atoms with Gasteiger partial charge in [-0.1, -0.05) is 6.42 Å². The fraction of sp³-hybridized carbons (Fsp3) is 0.381. The van der Waals surface area contributed by atoms with Crippen molar-refractivity contribution in [2.45, 2.75) is 37.1 Å². The van der Waals surface area contributed by atoms with Crippen LogP contribution in [0.15, 0.2) is 41.3 Å². The molecule has 1 atom stereocenters. The van der Waals surface area contributed by atoms with E-state index in [0.29, 0.717) is 18.0 Å². The molecule has 1 amide bonds. The van der Waals surface area contributed by atoms with Crippen LogP contribution in [0.4, 0.5) is 5.69 Å². The summed E-state index contributed by atoms with van der Waals surface area (Å²) >= 11 is 0. The van der Waals surface area contributed by atoms with E-state index in [-0.39, 0.29) is 28.0 Å². The van der Waals surface area contributed by atoms with Crippen molar-refractivity contribution < 1.29 is 27.8 Å². The summed E-state index contributed by atoms with van der Waals surface area (Å²) in [5.74, 6) is -0.0269. The lowest BCUT2D eigenvalue weighted by atomic mass is 10.1. The van der Waals surface area contributed by atoms with Crippen LogP contribution in [-0.4, -0.2) is 50.5 Å². The minimum atomic E-state index is -3.83. The average Bonchev–Trinajstić information content (AvgIpc) is 2.72. The Labute approximate surface area is 176 Å². The highest BCUT2D eigenvalue weighted by molar-refractivity contribution is 7.89. The SMILES string of the molecule is COc1cc(O)cc(NC(=O)c2ccc(OC)c(S(=O)(=O)N3CCCC[C@@H]3C)c2)c1. The Morgan fingerprint density at radius 2 is 1.90 bits per heavy atom. The molecule has 1 heterocycles. The number of methoxy groups -OCH3 is 2. The molecule has 1 saturated heterocycles. The molecular formula is C21H26N2O6S. The lowest BCUT2D eigenvalue weighted by molar-refractivity contribution is 0.102. The number of benzene rings is 2. The maximum Gasteiger partial charge on any atom is 0.255 e. The molecule has 2 N–H and O–H groups in total. The molecule has 0 spiro atoms. The van der Waals surface area contributed by atoms with Crippen LogP contribution in [0.25, 0.3) is 0 Å². The van der Waals surface area contributed by atoms with E-state index in [1.165, 1.54) is 48.9 Å². The Kier molecular flexibility index (Phi) is 6.52. The van der Waals surface area contributed by atoms with E-state index in [1.54, 1.807) is 6.07 Å². The molecule has 0 unspecified atom stereocenters. The summed E-state index contributed by atoms with van der Waals surface area (Å²) in [5, 5.41) is 12.4. The smallest absolute Gasteiger partial charge is 0.255 e. The molecule has 3 rings (SSSR count). The lowest BCUT2D eigenvalue weighted by Crippen LogP contribution is -2.42. The Bertz CT molecular complexity index is 1040. The Balaban J connectivity index is 1.94. The number of sulfonamides is 1. The number of anilines is 1. The van der Waals surface area contributed by atoms with E-state index in [2.05, 4.69) is 5.32 Å². The molecule has 0 aromatic heterocycles. The van der Waals surface area contributed by atoms with Crippen LogP contribution < -0.4 is 14.8 Å². The fourth-order valence-corrected chi connectivity index (χ4v) is 5.43. The van der Waals surface area contributed by atoms with Crippen molar-refractivity contribution in [1.82, 2.24) is 4.31 Å². The second-order valence-electron chi connectivity index (χ2n) is 7.20. The standard InChI is InChI=1S/C21H26N2O6S/c1-14-6-4-5-9-23(14)30(26,27)20-10-15(7-8-19(20)29-3)21(25)22-16-11-17(24)13-18(12-16)28-2/h7-8,10-14,24H,4-6,9H2,1-3H3,(H,22,25)/t14-/m0/s1. The number of phenols is 1. The van der Waals surface area contributed by atoms with Crippen molar-refractivity contribution in [3.8, 4) is 17.2 Å². The van der Waals surface area contributed by atoms with Gasteiger partial charge >= 0.3 is 0 Å². The lowest BCUT2D eigenvalue weighted by Gasteiger charge is -2.32. The Morgan fingerprint density at radius 3 is 2.57 bits per heavy atom. The molecule has 162 valence electrons. The molecule has 0 saturated carbocycles. The minimum Gasteiger partial charge on any atom is -0.508 e. The Hall–Kier alpha value is -2.78. The first-order valence-electron chi connectivity index (χ1n) is 9.65. The summed E-state index contributed by atoms with van der Waals surface area (Å²) in [5.41, 5.74) is 0.475. The van der Waals surface area contributed by atoms with Crippen LogP contribution in [0.1, 0.15) is 36.5 Å². The first-order chi connectivity index (χ1) is 14.3. The molecule has 1 fully saturated rings. The monoisotopic (exact) mass is 434 g/mol. The fourth-order valence-electron chi connectivity index (χ4n) is 3.55. The molecule has 1 aliphatic heterocycles. The van der Waals surface area contributed by atoms with Gasteiger partial charge in [0.25, 0.3) is 5.91 Å². The van der Waals surface area contributed by atoms with Crippen LogP contribution in [-0.2, 0) is 10.0 Å². The van der Waals surface area contributed by atoms with Gasteiger partial charge in [-0.05, 0) is 38.0 Å². The molecule has 8 nitrogen and oxygen atoms in total. The third-order valence-electron chi connectivity index (χ3n) is 5.14. The van der Waals surface area contributed by atoms with Crippen molar-refractivity contribution >= 4 is 21.6 Å². The topological polar surface area (TPSA) is 105 Å². The van der Waals surface area contributed by atoms with Gasteiger partial charge in [-0.15, -0.1) is 0 Å². The van der Waals surface area contributed by atoms with E-state index in [9.17, 15) is 18.3 Å². The zero-order valence-electron chi connectivity index (χ0n) is 17.2. The van der Waals surface area contributed by atoms with Crippen molar-refractivity contribution in [3.05, 3.63) is 42.0 Å². The summed E-state index contributed by atoms with van der Waals surface area (Å²) in [6.45, 7) is 2.32. The van der Waals surface area contributed by atoms with Gasteiger partial charge in [0.2, 0.25) is 10.0 Å². The van der Waals surface area contributed by atoms with E-state index >= 15 is 0 Å². The number of aromatic hydroxyl groups is 1. The van der Waals surface area contributed by atoms with Crippen molar-refractivity contribution in [2.75, 3.05) is 26.1 Å². The largest absolute Gasteiger partial charge is 0.508 e. The first kappa shape index (κ1) is 21.9. The van der Waals surface area contributed by atoms with Gasteiger partial charge in [0, 0.05) is 42.0 Å². The van der Waals surface area contributed by atoms with Gasteiger partial charge in [0.05, 0.1) is 14.2 Å². The molecule has 0 aliphatic carbocycles. The van der Waals surface area contributed by atoms with E-state index in [0.717, 1.165) is 19.3 Å². The third-order valence-corrected chi connectivity index (χ3v) is 7.17. The molecule has 0 bridgehead atoms. The second-order valence-corrected chi connectivity index (χ2v) is 9.06. The zero-order chi connectivity index (χ0) is 21.9. The second kappa shape index (κ2) is 8.93. The molecular weight excluding hydrogens is 408 g/mol. The minimum absolute atomic E-state index is 0.0418. The van der Waals surface area contributed by atoms with Gasteiger partial charge in [0.1, 0.15) is 22.1 Å². The number of piperidine rings is 1. The number of rotatable bonds is 6. The zero-order valence-corrected chi connectivity index (χ0v) is 18.0. The molecule has 2 aromatic rings. The predicted molar refractivity (Wildman–Crippen MR) is 113 cm³/mol. The number of hydrogen-bond acceptors (Lipinski definition) is 6. The molecule has 0 radical (unpaired) electrons.